The number of halogens is 2. The van der Waals surface area contributed by atoms with Crippen LogP contribution in [0.2, 0.25) is 10.0 Å². The Morgan fingerprint density at radius 2 is 2.17 bits per heavy atom. The first kappa shape index (κ1) is 18.3. The molecule has 2 atom stereocenters. The van der Waals surface area contributed by atoms with Crippen molar-refractivity contribution in [3.8, 4) is 0 Å². The molecule has 0 radical (unpaired) electrons. The van der Waals surface area contributed by atoms with Gasteiger partial charge in [-0.3, -0.25) is 9.74 Å². The number of hydrogen-bond donors (Lipinski definition) is 1. The highest BCUT2D eigenvalue weighted by atomic mass is 35.5. The largest absolute Gasteiger partial charge is 0.343 e. The molecule has 0 spiro atoms. The third-order valence-corrected chi connectivity index (χ3v) is 5.02. The Balaban J connectivity index is 2.08. The predicted octanol–water partition coefficient (Wildman–Crippen LogP) is 4.07. The lowest BCUT2D eigenvalue weighted by Crippen LogP contribution is -2.54. The van der Waals surface area contributed by atoms with Gasteiger partial charge >= 0.3 is 6.03 Å². The SMILES string of the molecule is CON(C(=O)NC(C)c1cccc(Cl)c1Cl)[C@H]1CCCCN1C. The van der Waals surface area contributed by atoms with E-state index in [0.29, 0.717) is 10.0 Å². The summed E-state index contributed by atoms with van der Waals surface area (Å²) in [6.45, 7) is 2.82. The minimum atomic E-state index is -0.283. The maximum Gasteiger partial charge on any atom is 0.343 e. The number of rotatable bonds is 4. The van der Waals surface area contributed by atoms with Gasteiger partial charge in [0.25, 0.3) is 0 Å². The van der Waals surface area contributed by atoms with E-state index in [9.17, 15) is 4.79 Å². The zero-order valence-corrected chi connectivity index (χ0v) is 15.2. The number of benzene rings is 1. The molecule has 1 unspecified atom stereocenters. The average molecular weight is 360 g/mol. The molecule has 1 N–H and O–H groups in total. The van der Waals surface area contributed by atoms with Crippen LogP contribution >= 0.6 is 23.2 Å². The molecule has 1 aromatic carbocycles. The second-order valence-corrected chi connectivity index (χ2v) is 6.56. The number of amides is 2. The lowest BCUT2D eigenvalue weighted by atomic mass is 10.1. The summed E-state index contributed by atoms with van der Waals surface area (Å²) in [7, 11) is 3.51. The van der Waals surface area contributed by atoms with Gasteiger partial charge in [0.15, 0.2) is 0 Å². The summed E-state index contributed by atoms with van der Waals surface area (Å²) in [4.78, 5) is 20.0. The van der Waals surface area contributed by atoms with Crippen LogP contribution in [0.3, 0.4) is 0 Å². The first-order valence-electron chi connectivity index (χ1n) is 7.73. The minimum Gasteiger partial charge on any atom is -0.330 e. The van der Waals surface area contributed by atoms with Crippen LogP contribution in [0, 0.1) is 0 Å². The van der Waals surface area contributed by atoms with Gasteiger partial charge in [0, 0.05) is 0 Å². The van der Waals surface area contributed by atoms with Crippen molar-refractivity contribution in [3.63, 3.8) is 0 Å². The lowest BCUT2D eigenvalue weighted by Gasteiger charge is -2.39. The number of urea groups is 1. The van der Waals surface area contributed by atoms with Crippen molar-refractivity contribution in [1.82, 2.24) is 15.3 Å². The summed E-state index contributed by atoms with van der Waals surface area (Å²) in [6.07, 6.45) is 3.05. The van der Waals surface area contributed by atoms with Crippen LogP contribution < -0.4 is 5.32 Å². The van der Waals surface area contributed by atoms with E-state index in [-0.39, 0.29) is 18.2 Å². The summed E-state index contributed by atoms with van der Waals surface area (Å²) in [5, 5.41) is 5.25. The summed E-state index contributed by atoms with van der Waals surface area (Å²) in [5.41, 5.74) is 0.778. The minimum absolute atomic E-state index is 0.0595. The first-order chi connectivity index (χ1) is 11.0. The molecule has 0 aromatic heterocycles. The van der Waals surface area contributed by atoms with Crippen LogP contribution in [0.5, 0.6) is 0 Å². The number of nitrogens with one attached hydrogen (secondary N) is 1. The Morgan fingerprint density at radius 1 is 1.43 bits per heavy atom. The molecule has 0 aliphatic carbocycles. The zero-order chi connectivity index (χ0) is 17.0. The molecule has 1 aliphatic rings. The number of piperidine rings is 1. The molecule has 2 rings (SSSR count). The Kier molecular flexibility index (Phi) is 6.53. The monoisotopic (exact) mass is 359 g/mol. The van der Waals surface area contributed by atoms with Gasteiger partial charge in [-0.05, 0) is 51.4 Å². The number of likely N-dealkylation sites (tertiary alicyclic amines) is 1. The van der Waals surface area contributed by atoms with Gasteiger partial charge in [0.2, 0.25) is 0 Å². The fourth-order valence-electron chi connectivity index (χ4n) is 2.88. The first-order valence-corrected chi connectivity index (χ1v) is 8.49. The number of carbonyl (C=O) groups excluding carboxylic acids is 1. The molecular weight excluding hydrogens is 337 g/mol. The van der Waals surface area contributed by atoms with Crippen molar-refractivity contribution >= 4 is 29.2 Å². The van der Waals surface area contributed by atoms with Crippen LogP contribution in [-0.2, 0) is 4.84 Å². The van der Waals surface area contributed by atoms with Crippen LogP contribution in [0.25, 0.3) is 0 Å². The third kappa shape index (κ3) is 4.29. The van der Waals surface area contributed by atoms with Gasteiger partial charge in [-0.1, -0.05) is 35.3 Å². The normalized spacial score (nSPS) is 20.1. The van der Waals surface area contributed by atoms with Gasteiger partial charge in [-0.25, -0.2) is 4.79 Å². The highest BCUT2D eigenvalue weighted by molar-refractivity contribution is 6.42. The van der Waals surface area contributed by atoms with Crippen LogP contribution in [0.1, 0.15) is 37.8 Å². The molecule has 0 bridgehead atoms. The predicted molar refractivity (Wildman–Crippen MR) is 92.5 cm³/mol. The van der Waals surface area contributed by atoms with Crippen molar-refractivity contribution < 1.29 is 9.63 Å². The molecule has 0 saturated carbocycles. The van der Waals surface area contributed by atoms with Crippen molar-refractivity contribution in [3.05, 3.63) is 33.8 Å². The summed E-state index contributed by atoms with van der Waals surface area (Å²) in [5.74, 6) is 0. The molecule has 1 saturated heterocycles. The molecular formula is C16H23Cl2N3O2. The molecule has 5 nitrogen and oxygen atoms in total. The van der Waals surface area contributed by atoms with Gasteiger partial charge in [0.1, 0.15) is 6.17 Å². The van der Waals surface area contributed by atoms with Gasteiger partial charge in [0.05, 0.1) is 23.2 Å². The van der Waals surface area contributed by atoms with Crippen LogP contribution in [0.4, 0.5) is 4.79 Å². The summed E-state index contributed by atoms with van der Waals surface area (Å²) >= 11 is 12.3. The Bertz CT molecular complexity index is 556. The third-order valence-electron chi connectivity index (χ3n) is 4.19. The molecule has 128 valence electrons. The lowest BCUT2D eigenvalue weighted by molar-refractivity contribution is -0.161. The van der Waals surface area contributed by atoms with Gasteiger partial charge in [-0.2, -0.15) is 5.06 Å². The van der Waals surface area contributed by atoms with Crippen molar-refractivity contribution in [1.29, 1.82) is 0 Å². The highest BCUT2D eigenvalue weighted by Crippen LogP contribution is 2.30. The van der Waals surface area contributed by atoms with E-state index in [2.05, 4.69) is 10.2 Å². The standard InChI is InChI=1S/C16H23Cl2N3O2/c1-11(12-7-6-8-13(17)15(12)18)19-16(22)21(23-3)14-9-4-5-10-20(14)2/h6-8,11,14H,4-5,9-10H2,1-3H3,(H,19,22)/t11?,14-/m0/s1. The van der Waals surface area contributed by atoms with E-state index in [0.717, 1.165) is 31.4 Å². The maximum absolute atomic E-state index is 12.6. The quantitative estimate of drug-likeness (QED) is 0.824. The average Bonchev–Trinajstić information content (AvgIpc) is 2.52. The number of carbonyl (C=O) groups is 1. The highest BCUT2D eigenvalue weighted by Gasteiger charge is 2.30. The molecule has 7 heteroatoms. The Hall–Kier alpha value is -1.01. The van der Waals surface area contributed by atoms with Crippen LogP contribution in [-0.4, -0.2) is 42.9 Å². The van der Waals surface area contributed by atoms with Crippen molar-refractivity contribution in [2.45, 2.75) is 38.4 Å². The molecule has 23 heavy (non-hydrogen) atoms. The molecule has 1 fully saturated rings. The van der Waals surface area contributed by atoms with E-state index >= 15 is 0 Å². The maximum atomic E-state index is 12.6. The second kappa shape index (κ2) is 8.20. The molecule has 1 aliphatic heterocycles. The van der Waals surface area contributed by atoms with Gasteiger partial charge in [-0.15, -0.1) is 0 Å². The molecule has 1 heterocycles. The second-order valence-electron chi connectivity index (χ2n) is 5.78. The van der Waals surface area contributed by atoms with E-state index in [1.165, 1.54) is 12.2 Å². The van der Waals surface area contributed by atoms with E-state index < -0.39 is 0 Å². The van der Waals surface area contributed by atoms with Crippen molar-refractivity contribution in [2.24, 2.45) is 0 Å². The smallest absolute Gasteiger partial charge is 0.330 e. The Labute approximate surface area is 147 Å². The topological polar surface area (TPSA) is 44.8 Å². The summed E-state index contributed by atoms with van der Waals surface area (Å²) < 4.78 is 0. The molecule has 1 aromatic rings. The van der Waals surface area contributed by atoms with E-state index in [1.54, 1.807) is 6.07 Å². The number of hydroxylamine groups is 2. The number of nitrogens with zero attached hydrogens (tertiary/aromatic N) is 2. The van der Waals surface area contributed by atoms with E-state index in [1.807, 2.05) is 26.1 Å². The van der Waals surface area contributed by atoms with Crippen LogP contribution in [0.15, 0.2) is 18.2 Å². The van der Waals surface area contributed by atoms with Crippen molar-refractivity contribution in [2.75, 3.05) is 20.7 Å². The Morgan fingerprint density at radius 3 is 2.83 bits per heavy atom. The number of hydrogen-bond acceptors (Lipinski definition) is 3. The fraction of sp³-hybridized carbons (Fsp3) is 0.562. The summed E-state index contributed by atoms with van der Waals surface area (Å²) in [6, 6.07) is 4.83. The fourth-order valence-corrected chi connectivity index (χ4v) is 3.35. The molecule has 2 amide bonds. The van der Waals surface area contributed by atoms with Gasteiger partial charge < -0.3 is 5.32 Å². The van der Waals surface area contributed by atoms with E-state index in [4.69, 9.17) is 28.0 Å². The zero-order valence-electron chi connectivity index (χ0n) is 13.7.